The molecule has 1 aliphatic carbocycles. The summed E-state index contributed by atoms with van der Waals surface area (Å²) in [6.45, 7) is 2.22. The summed E-state index contributed by atoms with van der Waals surface area (Å²) < 4.78 is 4.85. The first-order valence-corrected chi connectivity index (χ1v) is 5.97. The van der Waals surface area contributed by atoms with Crippen molar-refractivity contribution in [2.75, 3.05) is 33.4 Å². The molecule has 0 bridgehead atoms. The molecule has 16 heavy (non-hydrogen) atoms. The van der Waals surface area contributed by atoms with Crippen molar-refractivity contribution in [2.45, 2.75) is 25.3 Å². The minimum absolute atomic E-state index is 0.0275. The second-order valence-electron chi connectivity index (χ2n) is 4.26. The van der Waals surface area contributed by atoms with Gasteiger partial charge in [-0.1, -0.05) is 6.42 Å². The van der Waals surface area contributed by atoms with E-state index in [2.05, 4.69) is 10.6 Å². The molecule has 1 amide bonds. The smallest absolute Gasteiger partial charge is 0.234 e. The average molecular weight is 229 g/mol. The van der Waals surface area contributed by atoms with E-state index >= 15 is 0 Å². The largest absolute Gasteiger partial charge is 0.383 e. The molecule has 0 saturated heterocycles. The van der Waals surface area contributed by atoms with Gasteiger partial charge in [-0.05, 0) is 25.3 Å². The highest BCUT2D eigenvalue weighted by Crippen LogP contribution is 2.24. The molecule has 0 aromatic rings. The Morgan fingerprint density at radius 3 is 3.00 bits per heavy atom. The molecule has 2 atom stereocenters. The van der Waals surface area contributed by atoms with Crippen molar-refractivity contribution in [1.29, 1.82) is 0 Å². The van der Waals surface area contributed by atoms with Crippen molar-refractivity contribution in [3.63, 3.8) is 0 Å². The molecule has 0 radical (unpaired) electrons. The maximum absolute atomic E-state index is 11.4. The predicted molar refractivity (Wildman–Crippen MR) is 63.1 cm³/mol. The lowest BCUT2D eigenvalue weighted by Gasteiger charge is -2.19. The quantitative estimate of drug-likeness (QED) is 0.513. The number of ether oxygens (including phenoxy) is 1. The van der Waals surface area contributed by atoms with Gasteiger partial charge in [0, 0.05) is 19.7 Å². The predicted octanol–water partition coefficient (Wildman–Crippen LogP) is -0.534. The lowest BCUT2D eigenvalue weighted by Crippen LogP contribution is -2.42. The first-order valence-electron chi connectivity index (χ1n) is 5.97. The van der Waals surface area contributed by atoms with Crippen LogP contribution in [0.3, 0.4) is 0 Å². The van der Waals surface area contributed by atoms with Crippen LogP contribution in [0.5, 0.6) is 0 Å². The second kappa shape index (κ2) is 7.60. The number of nitrogens with two attached hydrogens (primary N) is 1. The molecular weight excluding hydrogens is 206 g/mol. The highest BCUT2D eigenvalue weighted by Gasteiger charge is 2.25. The molecule has 0 aromatic carbocycles. The van der Waals surface area contributed by atoms with E-state index < -0.39 is 0 Å². The molecule has 0 aromatic heterocycles. The van der Waals surface area contributed by atoms with Gasteiger partial charge in [0.1, 0.15) is 0 Å². The molecule has 5 nitrogen and oxygen atoms in total. The SMILES string of the molecule is COCCNC(=O)CNC1CCCC1CN. The van der Waals surface area contributed by atoms with E-state index in [-0.39, 0.29) is 5.91 Å². The fourth-order valence-electron chi connectivity index (χ4n) is 2.17. The molecule has 4 N–H and O–H groups in total. The molecule has 0 aliphatic heterocycles. The van der Waals surface area contributed by atoms with E-state index in [4.69, 9.17) is 10.5 Å². The van der Waals surface area contributed by atoms with Crippen LogP contribution in [0.25, 0.3) is 0 Å². The Hall–Kier alpha value is -0.650. The van der Waals surface area contributed by atoms with E-state index in [0.717, 1.165) is 6.42 Å². The third-order valence-electron chi connectivity index (χ3n) is 3.11. The summed E-state index contributed by atoms with van der Waals surface area (Å²) in [7, 11) is 1.62. The molecule has 1 aliphatic rings. The third-order valence-corrected chi connectivity index (χ3v) is 3.11. The topological polar surface area (TPSA) is 76.4 Å². The van der Waals surface area contributed by atoms with Crippen molar-refractivity contribution in [2.24, 2.45) is 11.7 Å². The Kier molecular flexibility index (Phi) is 6.37. The van der Waals surface area contributed by atoms with Gasteiger partial charge in [0.25, 0.3) is 0 Å². The maximum atomic E-state index is 11.4. The Labute approximate surface area is 97.1 Å². The van der Waals surface area contributed by atoms with Crippen molar-refractivity contribution < 1.29 is 9.53 Å². The highest BCUT2D eigenvalue weighted by atomic mass is 16.5. The number of carbonyl (C=O) groups is 1. The van der Waals surface area contributed by atoms with Crippen LogP contribution < -0.4 is 16.4 Å². The molecule has 1 fully saturated rings. The number of hydrogen-bond donors (Lipinski definition) is 3. The number of carbonyl (C=O) groups excluding carboxylic acids is 1. The zero-order chi connectivity index (χ0) is 11.8. The first kappa shape index (κ1) is 13.4. The molecule has 0 spiro atoms. The number of rotatable bonds is 7. The summed E-state index contributed by atoms with van der Waals surface area (Å²) in [5.41, 5.74) is 5.67. The van der Waals surface area contributed by atoms with E-state index in [1.54, 1.807) is 7.11 Å². The van der Waals surface area contributed by atoms with Crippen molar-refractivity contribution in [3.05, 3.63) is 0 Å². The zero-order valence-corrected chi connectivity index (χ0v) is 10.00. The summed E-state index contributed by atoms with van der Waals surface area (Å²) in [4.78, 5) is 11.4. The van der Waals surface area contributed by atoms with E-state index in [1.807, 2.05) is 0 Å². The van der Waals surface area contributed by atoms with Gasteiger partial charge in [0.15, 0.2) is 0 Å². The molecule has 1 rings (SSSR count). The van der Waals surface area contributed by atoms with Crippen LogP contribution in [0.2, 0.25) is 0 Å². The maximum Gasteiger partial charge on any atom is 0.234 e. The van der Waals surface area contributed by atoms with Gasteiger partial charge in [-0.15, -0.1) is 0 Å². The normalized spacial score (nSPS) is 24.6. The van der Waals surface area contributed by atoms with Crippen LogP contribution in [0.15, 0.2) is 0 Å². The summed E-state index contributed by atoms with van der Waals surface area (Å²) in [5.74, 6) is 0.562. The van der Waals surface area contributed by atoms with Crippen LogP contribution in [-0.2, 0) is 9.53 Å². The Balaban J connectivity index is 2.11. The number of amides is 1. The van der Waals surface area contributed by atoms with Crippen LogP contribution in [0.4, 0.5) is 0 Å². The zero-order valence-electron chi connectivity index (χ0n) is 10.00. The summed E-state index contributed by atoms with van der Waals surface area (Å²) >= 11 is 0. The van der Waals surface area contributed by atoms with E-state index in [9.17, 15) is 4.79 Å². The molecule has 5 heteroatoms. The van der Waals surface area contributed by atoms with Crippen LogP contribution in [-0.4, -0.2) is 45.3 Å². The van der Waals surface area contributed by atoms with Crippen molar-refractivity contribution in [3.8, 4) is 0 Å². The highest BCUT2D eigenvalue weighted by molar-refractivity contribution is 5.77. The minimum atomic E-state index is 0.0275. The Morgan fingerprint density at radius 1 is 1.50 bits per heavy atom. The summed E-state index contributed by atoms with van der Waals surface area (Å²) in [6, 6.07) is 0.415. The fourth-order valence-corrected chi connectivity index (χ4v) is 2.17. The van der Waals surface area contributed by atoms with Gasteiger partial charge in [-0.2, -0.15) is 0 Å². The molecule has 94 valence electrons. The second-order valence-corrected chi connectivity index (χ2v) is 4.26. The van der Waals surface area contributed by atoms with Crippen LogP contribution >= 0.6 is 0 Å². The van der Waals surface area contributed by atoms with Crippen LogP contribution in [0, 0.1) is 5.92 Å². The molecule has 2 unspecified atom stereocenters. The van der Waals surface area contributed by atoms with E-state index in [0.29, 0.717) is 38.2 Å². The van der Waals surface area contributed by atoms with Gasteiger partial charge in [0.2, 0.25) is 5.91 Å². The molecular formula is C11H23N3O2. The number of hydrogen-bond acceptors (Lipinski definition) is 4. The Bertz CT molecular complexity index is 211. The Morgan fingerprint density at radius 2 is 2.31 bits per heavy atom. The molecule has 0 heterocycles. The third kappa shape index (κ3) is 4.47. The van der Waals surface area contributed by atoms with Gasteiger partial charge >= 0.3 is 0 Å². The van der Waals surface area contributed by atoms with Gasteiger partial charge < -0.3 is 21.1 Å². The van der Waals surface area contributed by atoms with Crippen molar-refractivity contribution >= 4 is 5.91 Å². The lowest BCUT2D eigenvalue weighted by atomic mass is 10.0. The monoisotopic (exact) mass is 229 g/mol. The summed E-state index contributed by atoms with van der Waals surface area (Å²) in [5, 5.41) is 6.06. The van der Waals surface area contributed by atoms with Crippen LogP contribution in [0.1, 0.15) is 19.3 Å². The lowest BCUT2D eigenvalue weighted by molar-refractivity contribution is -0.120. The fraction of sp³-hybridized carbons (Fsp3) is 0.909. The standard InChI is InChI=1S/C11H23N3O2/c1-16-6-5-13-11(15)8-14-10-4-2-3-9(10)7-12/h9-10,14H,2-8,12H2,1H3,(H,13,15). The van der Waals surface area contributed by atoms with Crippen molar-refractivity contribution in [1.82, 2.24) is 10.6 Å². The number of nitrogens with one attached hydrogen (secondary N) is 2. The minimum Gasteiger partial charge on any atom is -0.383 e. The first-order chi connectivity index (χ1) is 7.77. The average Bonchev–Trinajstić information content (AvgIpc) is 2.74. The molecule has 1 saturated carbocycles. The number of methoxy groups -OCH3 is 1. The van der Waals surface area contributed by atoms with Gasteiger partial charge in [-0.25, -0.2) is 0 Å². The summed E-state index contributed by atoms with van der Waals surface area (Å²) in [6.07, 6.45) is 3.53. The van der Waals surface area contributed by atoms with Gasteiger partial charge in [0.05, 0.1) is 13.2 Å². The van der Waals surface area contributed by atoms with E-state index in [1.165, 1.54) is 12.8 Å². The van der Waals surface area contributed by atoms with Gasteiger partial charge in [-0.3, -0.25) is 4.79 Å².